The summed E-state index contributed by atoms with van der Waals surface area (Å²) < 4.78 is 25.0. The summed E-state index contributed by atoms with van der Waals surface area (Å²) in [6.45, 7) is 6.04. The highest BCUT2D eigenvalue weighted by molar-refractivity contribution is 7.21. The molecular weight excluding hydrogens is 649 g/mol. The zero-order chi connectivity index (χ0) is 34.5. The van der Waals surface area contributed by atoms with Crippen molar-refractivity contribution in [1.29, 1.82) is 0 Å². The first kappa shape index (κ1) is 34.1. The first-order valence-corrected chi connectivity index (χ1v) is 18.1. The zero-order valence-corrected chi connectivity index (χ0v) is 29.2. The molecule has 7 rings (SSSR count). The van der Waals surface area contributed by atoms with Gasteiger partial charge in [0, 0.05) is 36.3 Å². The third-order valence-corrected chi connectivity index (χ3v) is 10.4. The van der Waals surface area contributed by atoms with Crippen molar-refractivity contribution in [2.45, 2.75) is 38.9 Å². The predicted molar refractivity (Wildman–Crippen MR) is 197 cm³/mol. The number of benzene rings is 4. The third-order valence-electron chi connectivity index (χ3n) is 9.32. The molecule has 0 radical (unpaired) electrons. The van der Waals surface area contributed by atoms with Crippen molar-refractivity contribution < 1.29 is 28.8 Å². The van der Waals surface area contributed by atoms with E-state index in [4.69, 9.17) is 29.0 Å². The minimum absolute atomic E-state index is 0.0140. The molecule has 3 unspecified atom stereocenters. The Morgan fingerprint density at radius 2 is 1.76 bits per heavy atom. The van der Waals surface area contributed by atoms with Crippen molar-refractivity contribution in [2.75, 3.05) is 45.0 Å². The highest BCUT2D eigenvalue weighted by Gasteiger charge is 2.39. The fraction of sp³-hybridized carbons (Fsp3) is 0.317. The van der Waals surface area contributed by atoms with E-state index in [-0.39, 0.29) is 30.1 Å². The summed E-state index contributed by atoms with van der Waals surface area (Å²) >= 11 is 1.66. The van der Waals surface area contributed by atoms with E-state index in [2.05, 4.69) is 72.9 Å². The highest BCUT2D eigenvalue weighted by Crippen LogP contribution is 2.46. The fourth-order valence-electron chi connectivity index (χ4n) is 6.94. The summed E-state index contributed by atoms with van der Waals surface area (Å²) in [6.07, 6.45) is 2.81. The van der Waals surface area contributed by atoms with E-state index < -0.39 is 6.29 Å². The minimum atomic E-state index is -0.644. The van der Waals surface area contributed by atoms with Crippen molar-refractivity contribution in [2.24, 2.45) is 5.92 Å². The lowest BCUT2D eigenvalue weighted by Gasteiger charge is -2.37. The van der Waals surface area contributed by atoms with Crippen LogP contribution in [0.3, 0.4) is 0 Å². The number of rotatable bonds is 14. The number of allylic oxidation sites excluding steroid dienone is 1. The topological polar surface area (TPSA) is 99.1 Å². The highest BCUT2D eigenvalue weighted by atomic mass is 32.1. The summed E-state index contributed by atoms with van der Waals surface area (Å²) in [5.41, 5.74) is 10.1. The second-order valence-corrected chi connectivity index (χ2v) is 13.7. The van der Waals surface area contributed by atoms with Gasteiger partial charge in [0.05, 0.1) is 36.6 Å². The summed E-state index contributed by atoms with van der Waals surface area (Å²) in [5.74, 6) is -0.335. The Morgan fingerprint density at radius 1 is 0.960 bits per heavy atom. The van der Waals surface area contributed by atoms with E-state index >= 15 is 0 Å². The normalized spacial score (nSPS) is 18.0. The van der Waals surface area contributed by atoms with Crippen LogP contribution in [0.1, 0.15) is 41.5 Å². The van der Waals surface area contributed by atoms with Gasteiger partial charge in [0.1, 0.15) is 5.01 Å². The monoisotopic (exact) mass is 690 g/mol. The van der Waals surface area contributed by atoms with Crippen LogP contribution >= 0.6 is 11.3 Å². The number of nitrogens with zero attached hydrogens (tertiary/aromatic N) is 1. The lowest BCUT2D eigenvalue weighted by molar-refractivity contribution is -0.166. The van der Waals surface area contributed by atoms with Crippen LogP contribution in [-0.2, 0) is 30.2 Å². The molecule has 3 atom stereocenters. The number of thiazole rings is 1. The quantitative estimate of drug-likeness (QED) is 0.112. The average Bonchev–Trinajstić information content (AvgIpc) is 3.73. The van der Waals surface area contributed by atoms with Gasteiger partial charge in [-0.2, -0.15) is 0 Å². The van der Waals surface area contributed by atoms with Gasteiger partial charge in [-0.05, 0) is 103 Å². The Balaban J connectivity index is 1.14. The SMILES string of the molecule is CCOC1OC(C(=O)Nc2ccc(-c3nc4ccc(C)cc4s3)cc2)=CC(c2cccc3c2Cc2ccccc2-3)C1CCOCCOCCO. The molecule has 0 spiro atoms. The molecule has 0 saturated carbocycles. The molecule has 0 saturated heterocycles. The lowest BCUT2D eigenvalue weighted by atomic mass is 9.78. The Labute approximate surface area is 296 Å². The summed E-state index contributed by atoms with van der Waals surface area (Å²) in [7, 11) is 0. The smallest absolute Gasteiger partial charge is 0.290 e. The molecule has 1 aliphatic carbocycles. The molecule has 2 heterocycles. The van der Waals surface area contributed by atoms with Crippen LogP contribution in [0.4, 0.5) is 5.69 Å². The molecular formula is C41H42N2O6S. The summed E-state index contributed by atoms with van der Waals surface area (Å²) in [4.78, 5) is 18.7. The van der Waals surface area contributed by atoms with Crippen LogP contribution in [0.5, 0.6) is 0 Å². The van der Waals surface area contributed by atoms with Crippen LogP contribution in [0.25, 0.3) is 31.9 Å². The van der Waals surface area contributed by atoms with E-state index in [1.165, 1.54) is 33.4 Å². The lowest BCUT2D eigenvalue weighted by Crippen LogP contribution is -2.38. The number of hydrogen-bond acceptors (Lipinski definition) is 8. The average molecular weight is 691 g/mol. The van der Waals surface area contributed by atoms with Crippen LogP contribution in [-0.4, -0.2) is 61.9 Å². The van der Waals surface area contributed by atoms with Gasteiger partial charge >= 0.3 is 0 Å². The fourth-order valence-corrected chi connectivity index (χ4v) is 8.01. The molecule has 258 valence electrons. The van der Waals surface area contributed by atoms with Crippen LogP contribution in [0.2, 0.25) is 0 Å². The van der Waals surface area contributed by atoms with E-state index in [0.29, 0.717) is 45.1 Å². The Hall–Kier alpha value is -4.38. The van der Waals surface area contributed by atoms with Crippen LogP contribution in [0, 0.1) is 12.8 Å². The van der Waals surface area contributed by atoms with Gasteiger partial charge in [-0.15, -0.1) is 11.3 Å². The first-order valence-electron chi connectivity index (χ1n) is 17.3. The predicted octanol–water partition coefficient (Wildman–Crippen LogP) is 7.87. The van der Waals surface area contributed by atoms with Gasteiger partial charge in [0.15, 0.2) is 5.76 Å². The number of ether oxygens (including phenoxy) is 4. The maximum absolute atomic E-state index is 13.9. The molecule has 0 bridgehead atoms. The van der Waals surface area contributed by atoms with E-state index in [1.807, 2.05) is 37.3 Å². The first-order chi connectivity index (χ1) is 24.5. The van der Waals surface area contributed by atoms with Gasteiger partial charge in [-0.3, -0.25) is 4.79 Å². The molecule has 5 aromatic rings. The van der Waals surface area contributed by atoms with Gasteiger partial charge in [-0.25, -0.2) is 4.98 Å². The van der Waals surface area contributed by atoms with Crippen molar-refractivity contribution in [3.63, 3.8) is 0 Å². The van der Waals surface area contributed by atoms with E-state index in [1.54, 1.807) is 11.3 Å². The number of nitrogens with one attached hydrogen (secondary N) is 1. The number of carbonyl (C=O) groups is 1. The molecule has 1 aromatic heterocycles. The van der Waals surface area contributed by atoms with Gasteiger partial charge < -0.3 is 29.4 Å². The number of carbonyl (C=O) groups excluding carboxylic acids is 1. The molecule has 0 fully saturated rings. The Bertz CT molecular complexity index is 1990. The summed E-state index contributed by atoms with van der Waals surface area (Å²) in [5, 5.41) is 13.0. The van der Waals surface area contributed by atoms with Gasteiger partial charge in [0.2, 0.25) is 6.29 Å². The number of anilines is 1. The largest absolute Gasteiger partial charge is 0.459 e. The molecule has 2 N–H and O–H groups in total. The van der Waals surface area contributed by atoms with E-state index in [0.717, 1.165) is 27.2 Å². The van der Waals surface area contributed by atoms with Gasteiger partial charge in [-0.1, -0.05) is 48.5 Å². The second kappa shape index (κ2) is 15.7. The van der Waals surface area contributed by atoms with Crippen molar-refractivity contribution in [3.05, 3.63) is 119 Å². The maximum atomic E-state index is 13.9. The van der Waals surface area contributed by atoms with E-state index in [9.17, 15) is 4.79 Å². The Morgan fingerprint density at radius 3 is 2.58 bits per heavy atom. The molecule has 1 amide bonds. The number of amides is 1. The number of aryl methyl sites for hydroxylation is 1. The molecule has 50 heavy (non-hydrogen) atoms. The number of hydrogen-bond donors (Lipinski definition) is 2. The Kier molecular flexibility index (Phi) is 10.7. The number of aliphatic hydroxyl groups excluding tert-OH is 1. The zero-order valence-electron chi connectivity index (χ0n) is 28.4. The van der Waals surface area contributed by atoms with Crippen molar-refractivity contribution in [3.8, 4) is 21.7 Å². The second-order valence-electron chi connectivity index (χ2n) is 12.6. The molecule has 2 aliphatic rings. The van der Waals surface area contributed by atoms with Crippen LogP contribution in [0.15, 0.2) is 96.8 Å². The number of fused-ring (bicyclic) bond motifs is 4. The number of aliphatic hydroxyl groups is 1. The molecule has 4 aromatic carbocycles. The van der Waals surface area contributed by atoms with Crippen LogP contribution < -0.4 is 5.32 Å². The molecule has 9 heteroatoms. The van der Waals surface area contributed by atoms with Crippen molar-refractivity contribution >= 4 is 33.1 Å². The molecule has 1 aliphatic heterocycles. The minimum Gasteiger partial charge on any atom is -0.459 e. The third kappa shape index (κ3) is 7.38. The van der Waals surface area contributed by atoms with Crippen molar-refractivity contribution in [1.82, 2.24) is 4.98 Å². The summed E-state index contributed by atoms with van der Waals surface area (Å²) in [6, 6.07) is 29.1. The standard InChI is InChI=1S/C41H42N2O6S/c1-3-48-41-33(17-19-46-21-22-47-20-18-44)35(32-10-6-9-31-30-8-5-4-7-28(30)24-34(31)32)25-37(49-41)39(45)42-29-14-12-27(13-15-29)40-43-36-16-11-26(2)23-38(36)50-40/h4-16,23,25,33,35,41,44H,3,17-22,24H2,1-2H3,(H,42,45). The number of aromatic nitrogens is 1. The molecule has 8 nitrogen and oxygen atoms in total. The maximum Gasteiger partial charge on any atom is 0.290 e. The van der Waals surface area contributed by atoms with Gasteiger partial charge in [0.25, 0.3) is 5.91 Å².